The number of carboxylic acids is 1. The maximum atomic E-state index is 10.1. The van der Waals surface area contributed by atoms with E-state index in [1.54, 1.807) is 0 Å². The van der Waals surface area contributed by atoms with Crippen molar-refractivity contribution in [2.75, 3.05) is 6.61 Å². The summed E-state index contributed by atoms with van der Waals surface area (Å²) in [6.07, 6.45) is 2.92. The number of unbranched alkanes of at least 4 members (excludes halogenated alkanes) is 3. The number of hydrogen-bond donors (Lipinski definition) is 1. The summed E-state index contributed by atoms with van der Waals surface area (Å²) in [5.41, 5.74) is 0. The summed E-state index contributed by atoms with van der Waals surface area (Å²) in [4.78, 5) is 23.8. The van der Waals surface area contributed by atoms with Crippen LogP contribution in [0.4, 0.5) is 0 Å². The van der Waals surface area contributed by atoms with Crippen LogP contribution in [0.3, 0.4) is 0 Å². The average Bonchev–Trinajstić information content (AvgIpc) is 2.01. The maximum absolute atomic E-state index is 10.1. The number of carboxylic acid groups (broad SMARTS) is 1. The minimum atomic E-state index is -0.822. The summed E-state index contributed by atoms with van der Waals surface area (Å²) in [5, 5.41) is 17.1. The zero-order chi connectivity index (χ0) is 10.1. The monoisotopic (exact) mass is 191 g/mol. The maximum Gasteiger partial charge on any atom is 0.303 e. The lowest BCUT2D eigenvalue weighted by Gasteiger charge is -1.98. The number of nitrogens with zero attached hydrogens (tertiary/aromatic N) is 1. The predicted molar refractivity (Wildman–Crippen MR) is 43.7 cm³/mol. The number of rotatable bonds is 8. The minimum absolute atomic E-state index is 0.0973. The van der Waals surface area contributed by atoms with Gasteiger partial charge in [0.25, 0.3) is 5.09 Å². The van der Waals surface area contributed by atoms with Crippen LogP contribution < -0.4 is 0 Å². The standard InChI is InChI=1S/C7H13NO5/c9-7(10)5-3-1-2-4-6-13-8(11)12/h1-6H2,(H,9,10). The molecule has 0 aromatic heterocycles. The molecular formula is C7H13NO5. The van der Waals surface area contributed by atoms with Gasteiger partial charge in [0.15, 0.2) is 0 Å². The van der Waals surface area contributed by atoms with Gasteiger partial charge in [-0.05, 0) is 12.8 Å². The lowest BCUT2D eigenvalue weighted by molar-refractivity contribution is -0.757. The van der Waals surface area contributed by atoms with Gasteiger partial charge in [-0.15, -0.1) is 10.1 Å². The van der Waals surface area contributed by atoms with Crippen molar-refractivity contribution < 1.29 is 19.8 Å². The second kappa shape index (κ2) is 7.33. The number of hydrogen-bond acceptors (Lipinski definition) is 4. The fourth-order valence-corrected chi connectivity index (χ4v) is 0.871. The van der Waals surface area contributed by atoms with E-state index >= 15 is 0 Å². The van der Waals surface area contributed by atoms with Gasteiger partial charge in [-0.3, -0.25) is 4.79 Å². The van der Waals surface area contributed by atoms with Crippen molar-refractivity contribution >= 4 is 5.97 Å². The lowest BCUT2D eigenvalue weighted by Crippen LogP contribution is -2.02. The molecule has 0 fully saturated rings. The van der Waals surface area contributed by atoms with Crippen LogP contribution in [0, 0.1) is 10.1 Å². The Labute approximate surface area is 75.6 Å². The third-order valence-electron chi connectivity index (χ3n) is 1.48. The Balaban J connectivity index is 3.00. The van der Waals surface area contributed by atoms with Crippen LogP contribution in [-0.2, 0) is 9.63 Å². The van der Waals surface area contributed by atoms with Crippen molar-refractivity contribution in [2.45, 2.75) is 32.1 Å². The van der Waals surface area contributed by atoms with Crippen LogP contribution in [0.15, 0.2) is 0 Å². The molecule has 0 heterocycles. The fraction of sp³-hybridized carbons (Fsp3) is 0.857. The Morgan fingerprint density at radius 1 is 1.31 bits per heavy atom. The van der Waals surface area contributed by atoms with Crippen LogP contribution in [0.1, 0.15) is 32.1 Å². The van der Waals surface area contributed by atoms with E-state index in [1.807, 2.05) is 0 Å². The minimum Gasteiger partial charge on any atom is -0.481 e. The van der Waals surface area contributed by atoms with Gasteiger partial charge in [0.2, 0.25) is 0 Å². The fourth-order valence-electron chi connectivity index (χ4n) is 0.871. The van der Waals surface area contributed by atoms with E-state index in [1.165, 1.54) is 0 Å². The molecule has 0 aromatic carbocycles. The van der Waals surface area contributed by atoms with Crippen LogP contribution in [-0.4, -0.2) is 22.8 Å². The van der Waals surface area contributed by atoms with Crippen molar-refractivity contribution in [3.63, 3.8) is 0 Å². The average molecular weight is 191 g/mol. The molecule has 0 atom stereocenters. The van der Waals surface area contributed by atoms with Gasteiger partial charge in [0, 0.05) is 6.42 Å². The Hall–Kier alpha value is -1.33. The Morgan fingerprint density at radius 2 is 1.92 bits per heavy atom. The third kappa shape index (κ3) is 10.7. The summed E-state index contributed by atoms with van der Waals surface area (Å²) in [7, 11) is 0. The third-order valence-corrected chi connectivity index (χ3v) is 1.48. The topological polar surface area (TPSA) is 89.7 Å². The number of carbonyl (C=O) groups is 1. The molecule has 0 aliphatic carbocycles. The van der Waals surface area contributed by atoms with Crippen LogP contribution in [0.2, 0.25) is 0 Å². The largest absolute Gasteiger partial charge is 0.481 e. The Bertz CT molecular complexity index is 152. The molecule has 0 saturated heterocycles. The molecule has 0 aliphatic rings. The molecule has 0 unspecified atom stereocenters. The second-order valence-electron chi connectivity index (χ2n) is 2.61. The van der Waals surface area contributed by atoms with E-state index in [4.69, 9.17) is 5.11 Å². The van der Waals surface area contributed by atoms with Gasteiger partial charge in [-0.2, -0.15) is 0 Å². The highest BCUT2D eigenvalue weighted by Gasteiger charge is 1.97. The molecule has 0 spiro atoms. The SMILES string of the molecule is O=C(O)CCCCCCO[N+](=O)[O-]. The lowest BCUT2D eigenvalue weighted by atomic mass is 10.1. The summed E-state index contributed by atoms with van der Waals surface area (Å²) in [5.74, 6) is -0.804. The molecular weight excluding hydrogens is 178 g/mol. The molecule has 13 heavy (non-hydrogen) atoms. The Kier molecular flexibility index (Phi) is 6.58. The van der Waals surface area contributed by atoms with E-state index in [2.05, 4.69) is 4.84 Å². The second-order valence-corrected chi connectivity index (χ2v) is 2.61. The van der Waals surface area contributed by atoms with Crippen LogP contribution >= 0.6 is 0 Å². The molecule has 76 valence electrons. The summed E-state index contributed by atoms with van der Waals surface area (Å²) < 4.78 is 0. The molecule has 0 radical (unpaired) electrons. The first-order chi connectivity index (χ1) is 6.13. The van der Waals surface area contributed by atoms with Crippen molar-refractivity contribution in [3.05, 3.63) is 10.1 Å². The zero-order valence-electron chi connectivity index (χ0n) is 7.27. The smallest absolute Gasteiger partial charge is 0.303 e. The first-order valence-electron chi connectivity index (χ1n) is 4.12. The van der Waals surface area contributed by atoms with Gasteiger partial charge < -0.3 is 9.94 Å². The highest BCUT2D eigenvalue weighted by atomic mass is 16.9. The molecule has 0 bridgehead atoms. The van der Waals surface area contributed by atoms with Gasteiger partial charge in [-0.1, -0.05) is 12.8 Å². The van der Waals surface area contributed by atoms with Gasteiger partial charge >= 0.3 is 5.97 Å². The van der Waals surface area contributed by atoms with Gasteiger partial charge in [0.05, 0.1) is 6.61 Å². The Morgan fingerprint density at radius 3 is 2.46 bits per heavy atom. The molecule has 0 aliphatic heterocycles. The zero-order valence-corrected chi connectivity index (χ0v) is 7.27. The van der Waals surface area contributed by atoms with Crippen molar-refractivity contribution in [3.8, 4) is 0 Å². The van der Waals surface area contributed by atoms with Gasteiger partial charge in [-0.25, -0.2) is 0 Å². The highest BCUT2D eigenvalue weighted by Crippen LogP contribution is 2.02. The first kappa shape index (κ1) is 11.7. The van der Waals surface area contributed by atoms with Crippen molar-refractivity contribution in [1.82, 2.24) is 0 Å². The molecule has 6 heteroatoms. The normalized spacial score (nSPS) is 9.54. The summed E-state index contributed by atoms with van der Waals surface area (Å²) >= 11 is 0. The van der Waals surface area contributed by atoms with E-state index in [0.717, 1.165) is 12.8 Å². The predicted octanol–water partition coefficient (Wildman–Crippen LogP) is 1.23. The molecule has 1 N–H and O–H groups in total. The van der Waals surface area contributed by atoms with Crippen LogP contribution in [0.5, 0.6) is 0 Å². The van der Waals surface area contributed by atoms with E-state index in [0.29, 0.717) is 12.8 Å². The highest BCUT2D eigenvalue weighted by molar-refractivity contribution is 5.66. The molecule has 6 nitrogen and oxygen atoms in total. The van der Waals surface area contributed by atoms with Crippen LogP contribution in [0.25, 0.3) is 0 Å². The van der Waals surface area contributed by atoms with Crippen molar-refractivity contribution in [1.29, 1.82) is 0 Å². The molecule has 0 saturated carbocycles. The summed E-state index contributed by atoms with van der Waals surface area (Å²) in [6.45, 7) is 0.0973. The van der Waals surface area contributed by atoms with Gasteiger partial charge in [0.1, 0.15) is 0 Å². The van der Waals surface area contributed by atoms with E-state index in [-0.39, 0.29) is 13.0 Å². The summed E-state index contributed by atoms with van der Waals surface area (Å²) in [6, 6.07) is 0. The van der Waals surface area contributed by atoms with Crippen molar-refractivity contribution in [2.24, 2.45) is 0 Å². The molecule has 0 rings (SSSR count). The molecule has 0 amide bonds. The van der Waals surface area contributed by atoms with E-state index in [9.17, 15) is 14.9 Å². The van der Waals surface area contributed by atoms with E-state index < -0.39 is 11.1 Å². The quantitative estimate of drug-likeness (QED) is 0.354. The first-order valence-corrected chi connectivity index (χ1v) is 4.12. The molecule has 0 aromatic rings. The number of aliphatic carboxylic acids is 1.